The van der Waals surface area contributed by atoms with Crippen LogP contribution in [0, 0.1) is 11.6 Å². The molecule has 28 heavy (non-hydrogen) atoms. The molecule has 1 saturated heterocycles. The number of benzene rings is 2. The van der Waals surface area contributed by atoms with Gasteiger partial charge >= 0.3 is 0 Å². The fourth-order valence-corrected chi connectivity index (χ4v) is 3.63. The number of anilines is 1. The van der Waals surface area contributed by atoms with Gasteiger partial charge in [-0.05, 0) is 37.3 Å². The van der Waals surface area contributed by atoms with E-state index >= 15 is 0 Å². The van der Waals surface area contributed by atoms with Crippen LogP contribution in [0.5, 0.6) is 5.75 Å². The highest BCUT2D eigenvalue weighted by Crippen LogP contribution is 2.17. The molecular weight excluding hydrogens is 364 g/mol. The van der Waals surface area contributed by atoms with Crippen molar-refractivity contribution in [1.29, 1.82) is 0 Å². The Hall–Kier alpha value is -2.51. The van der Waals surface area contributed by atoms with Gasteiger partial charge in [-0.2, -0.15) is 0 Å². The van der Waals surface area contributed by atoms with E-state index in [9.17, 15) is 13.6 Å². The molecule has 2 aromatic carbocycles. The number of methoxy groups -OCH3 is 1. The van der Waals surface area contributed by atoms with Gasteiger partial charge in [-0.15, -0.1) is 0 Å². The number of quaternary nitrogens is 2. The molecule has 0 radical (unpaired) electrons. The van der Waals surface area contributed by atoms with Gasteiger partial charge in [0, 0.05) is 5.56 Å². The van der Waals surface area contributed by atoms with Crippen LogP contribution >= 0.6 is 0 Å². The molecule has 3 N–H and O–H groups in total. The molecule has 2 aromatic rings. The van der Waals surface area contributed by atoms with Crippen LogP contribution < -0.4 is 19.9 Å². The summed E-state index contributed by atoms with van der Waals surface area (Å²) in [4.78, 5) is 15.0. The van der Waals surface area contributed by atoms with Crippen molar-refractivity contribution in [1.82, 2.24) is 0 Å². The summed E-state index contributed by atoms with van der Waals surface area (Å²) >= 11 is 0. The van der Waals surface area contributed by atoms with Crippen molar-refractivity contribution >= 4 is 11.6 Å². The first-order valence-electron chi connectivity index (χ1n) is 9.54. The smallest absolute Gasteiger partial charge is 0.282 e. The van der Waals surface area contributed by atoms with Crippen molar-refractivity contribution in [2.45, 2.75) is 19.5 Å². The lowest BCUT2D eigenvalue weighted by Gasteiger charge is -2.32. The Kier molecular flexibility index (Phi) is 6.59. The molecule has 1 amide bonds. The Morgan fingerprint density at radius 1 is 1.11 bits per heavy atom. The summed E-state index contributed by atoms with van der Waals surface area (Å²) in [5.74, 6) is -0.704. The van der Waals surface area contributed by atoms with Gasteiger partial charge in [0.2, 0.25) is 0 Å². The van der Waals surface area contributed by atoms with Gasteiger partial charge in [0.1, 0.15) is 38.5 Å². The van der Waals surface area contributed by atoms with Crippen molar-refractivity contribution < 1.29 is 28.1 Å². The maximum Gasteiger partial charge on any atom is 0.282 e. The summed E-state index contributed by atoms with van der Waals surface area (Å²) < 4.78 is 32.5. The van der Waals surface area contributed by atoms with Crippen LogP contribution in [0.3, 0.4) is 0 Å². The number of amides is 1. The second-order valence-electron chi connectivity index (χ2n) is 7.24. The van der Waals surface area contributed by atoms with E-state index in [0.29, 0.717) is 0 Å². The molecule has 1 fully saturated rings. The van der Waals surface area contributed by atoms with Gasteiger partial charge in [-0.3, -0.25) is 4.79 Å². The number of rotatable bonds is 6. The highest BCUT2D eigenvalue weighted by Gasteiger charge is 2.31. The predicted octanol–water partition coefficient (Wildman–Crippen LogP) is 0.284. The monoisotopic (exact) mass is 391 g/mol. The quantitative estimate of drug-likeness (QED) is 0.663. The maximum absolute atomic E-state index is 13.9. The summed E-state index contributed by atoms with van der Waals surface area (Å²) in [6, 6.07) is 11.0. The van der Waals surface area contributed by atoms with Gasteiger partial charge in [0.15, 0.2) is 17.6 Å². The van der Waals surface area contributed by atoms with Crippen LogP contribution in [-0.4, -0.2) is 45.2 Å². The van der Waals surface area contributed by atoms with Crippen molar-refractivity contribution in [3.63, 3.8) is 0 Å². The minimum atomic E-state index is -0.431. The van der Waals surface area contributed by atoms with Gasteiger partial charge in [0.05, 0.1) is 12.8 Å². The van der Waals surface area contributed by atoms with Crippen LogP contribution in [0.2, 0.25) is 0 Å². The van der Waals surface area contributed by atoms with Gasteiger partial charge < -0.3 is 19.9 Å². The zero-order chi connectivity index (χ0) is 20.1. The number of piperazine rings is 1. The Balaban J connectivity index is 1.51. The molecule has 1 aliphatic rings. The fourth-order valence-electron chi connectivity index (χ4n) is 3.63. The molecule has 1 heterocycles. The van der Waals surface area contributed by atoms with E-state index in [2.05, 4.69) is 5.32 Å². The Bertz CT molecular complexity index is 823. The van der Waals surface area contributed by atoms with E-state index in [4.69, 9.17) is 4.74 Å². The molecule has 0 saturated carbocycles. The molecule has 0 bridgehead atoms. The number of carbonyl (C=O) groups is 1. The van der Waals surface area contributed by atoms with Gasteiger partial charge in [-0.25, -0.2) is 8.78 Å². The number of carbonyl (C=O) groups excluding carboxylic acids is 1. The maximum atomic E-state index is 13.9. The summed E-state index contributed by atoms with van der Waals surface area (Å²) in [5.41, 5.74) is 1.15. The molecule has 0 spiro atoms. The van der Waals surface area contributed by atoms with E-state index in [0.717, 1.165) is 38.3 Å². The summed E-state index contributed by atoms with van der Waals surface area (Å²) in [5, 5.41) is 2.68. The molecular formula is C21H27F2N3O2+2. The third kappa shape index (κ3) is 4.85. The predicted molar refractivity (Wildman–Crippen MR) is 103 cm³/mol. The lowest BCUT2D eigenvalue weighted by Crippen LogP contribution is -3.29. The fraction of sp³-hybridized carbons (Fsp3) is 0.381. The zero-order valence-corrected chi connectivity index (χ0v) is 16.2. The van der Waals surface area contributed by atoms with E-state index in [-0.39, 0.29) is 29.2 Å². The minimum Gasteiger partial charge on any atom is -0.494 e. The molecule has 1 atom stereocenters. The number of halogens is 2. The Morgan fingerprint density at radius 2 is 1.82 bits per heavy atom. The zero-order valence-electron chi connectivity index (χ0n) is 16.2. The molecule has 3 rings (SSSR count). The van der Waals surface area contributed by atoms with Crippen molar-refractivity contribution in [3.8, 4) is 5.75 Å². The number of nitrogens with one attached hydrogen (secondary N) is 3. The van der Waals surface area contributed by atoms with Crippen LogP contribution in [0.4, 0.5) is 14.5 Å². The minimum absolute atomic E-state index is 0.180. The van der Waals surface area contributed by atoms with Crippen LogP contribution in [0.15, 0.2) is 42.5 Å². The Morgan fingerprint density at radius 3 is 2.46 bits per heavy atom. The Labute approximate surface area is 163 Å². The van der Waals surface area contributed by atoms with Crippen molar-refractivity contribution in [3.05, 3.63) is 59.7 Å². The molecule has 1 aliphatic heterocycles. The first kappa shape index (κ1) is 20.2. The first-order valence-corrected chi connectivity index (χ1v) is 9.54. The van der Waals surface area contributed by atoms with Gasteiger partial charge in [0.25, 0.3) is 5.91 Å². The van der Waals surface area contributed by atoms with Crippen molar-refractivity contribution in [2.24, 2.45) is 0 Å². The average molecular weight is 391 g/mol. The lowest BCUT2D eigenvalue weighted by molar-refractivity contribution is -1.02. The second-order valence-corrected chi connectivity index (χ2v) is 7.24. The lowest BCUT2D eigenvalue weighted by atomic mass is 10.1. The van der Waals surface area contributed by atoms with Gasteiger partial charge in [-0.1, -0.05) is 12.1 Å². The highest BCUT2D eigenvalue weighted by atomic mass is 19.1. The van der Waals surface area contributed by atoms with E-state index in [1.54, 1.807) is 24.3 Å². The second kappa shape index (κ2) is 9.12. The third-order valence-electron chi connectivity index (χ3n) is 5.41. The first-order chi connectivity index (χ1) is 13.5. The number of hydrogen-bond acceptors (Lipinski definition) is 2. The molecule has 150 valence electrons. The number of ether oxygens (including phenoxy) is 1. The third-order valence-corrected chi connectivity index (χ3v) is 5.41. The molecule has 0 aliphatic carbocycles. The van der Waals surface area contributed by atoms with E-state index in [1.165, 1.54) is 29.0 Å². The highest BCUT2D eigenvalue weighted by molar-refractivity contribution is 5.93. The average Bonchev–Trinajstić information content (AvgIpc) is 2.70. The van der Waals surface area contributed by atoms with Crippen molar-refractivity contribution in [2.75, 3.05) is 38.6 Å². The topological polar surface area (TPSA) is 47.2 Å². The number of hydrogen-bond donors (Lipinski definition) is 3. The summed E-state index contributed by atoms with van der Waals surface area (Å²) in [6.07, 6.45) is 0. The van der Waals surface area contributed by atoms with Crippen LogP contribution in [0.1, 0.15) is 12.5 Å². The molecule has 5 nitrogen and oxygen atoms in total. The normalized spacial score (nSPS) is 20.4. The summed E-state index contributed by atoms with van der Waals surface area (Å²) in [6.45, 7) is 6.06. The SMILES string of the molecule is COc1ccc(C[NH+]2CC[NH+]([C@@H](C)C(=O)Nc3ccccc3F)CC2)cc1F. The molecule has 0 unspecified atom stereocenters. The van der Waals surface area contributed by atoms with Crippen LogP contribution in [-0.2, 0) is 11.3 Å². The number of para-hydroxylation sites is 1. The van der Waals surface area contributed by atoms with E-state index in [1.807, 2.05) is 13.0 Å². The van der Waals surface area contributed by atoms with E-state index < -0.39 is 5.82 Å². The standard InChI is InChI=1S/C21H25F2N3O2/c1-15(21(27)24-19-6-4-3-5-17(19)22)26-11-9-25(10-12-26)14-16-7-8-20(28-2)18(23)13-16/h3-8,13,15H,9-12,14H2,1-2H3,(H,24,27)/p+2/t15-/m0/s1. The summed E-state index contributed by atoms with van der Waals surface area (Å²) in [7, 11) is 1.45. The largest absolute Gasteiger partial charge is 0.494 e. The van der Waals surface area contributed by atoms with Crippen LogP contribution in [0.25, 0.3) is 0 Å². The molecule has 7 heteroatoms. The molecule has 0 aromatic heterocycles.